The van der Waals surface area contributed by atoms with Gasteiger partial charge < -0.3 is 10.2 Å². The standard InChI is InChI=1S/C18H29ClN2/c1-5-10-20-15(4)16-8-9-18(17(19)11-16)21-12-13(2)6-7-14(21)3/h8-9,11,13-15,20H,5-7,10,12H2,1-4H3. The number of nitrogens with one attached hydrogen (secondary N) is 1. The van der Waals surface area contributed by atoms with Crippen LogP contribution in [0.1, 0.15) is 58.6 Å². The molecule has 0 aromatic heterocycles. The summed E-state index contributed by atoms with van der Waals surface area (Å²) in [5.74, 6) is 0.752. The van der Waals surface area contributed by atoms with Gasteiger partial charge in [0.25, 0.3) is 0 Å². The summed E-state index contributed by atoms with van der Waals surface area (Å²) in [7, 11) is 0. The van der Waals surface area contributed by atoms with Crippen molar-refractivity contribution in [3.8, 4) is 0 Å². The molecular weight excluding hydrogens is 280 g/mol. The molecule has 1 heterocycles. The van der Waals surface area contributed by atoms with Crippen molar-refractivity contribution in [3.63, 3.8) is 0 Å². The lowest BCUT2D eigenvalue weighted by atomic mass is 9.94. The Labute approximate surface area is 134 Å². The maximum absolute atomic E-state index is 6.58. The minimum Gasteiger partial charge on any atom is -0.367 e. The van der Waals surface area contributed by atoms with Crippen LogP contribution < -0.4 is 10.2 Å². The van der Waals surface area contributed by atoms with Gasteiger partial charge in [-0.2, -0.15) is 0 Å². The van der Waals surface area contributed by atoms with Crippen LogP contribution in [0.3, 0.4) is 0 Å². The molecular formula is C18H29ClN2. The van der Waals surface area contributed by atoms with Crippen molar-refractivity contribution in [2.24, 2.45) is 5.92 Å². The molecule has 0 bridgehead atoms. The third-order valence-corrected chi connectivity index (χ3v) is 4.90. The molecule has 1 fully saturated rings. The van der Waals surface area contributed by atoms with Crippen LogP contribution in [0.15, 0.2) is 18.2 Å². The summed E-state index contributed by atoms with van der Waals surface area (Å²) in [6.07, 6.45) is 3.73. The van der Waals surface area contributed by atoms with Gasteiger partial charge in [-0.05, 0) is 63.3 Å². The minimum absolute atomic E-state index is 0.356. The van der Waals surface area contributed by atoms with E-state index in [1.807, 2.05) is 0 Å². The second-order valence-electron chi connectivity index (χ2n) is 6.57. The van der Waals surface area contributed by atoms with Gasteiger partial charge in [0.1, 0.15) is 0 Å². The molecule has 3 unspecified atom stereocenters. The first-order chi connectivity index (χ1) is 10.0. The monoisotopic (exact) mass is 308 g/mol. The Balaban J connectivity index is 2.15. The zero-order chi connectivity index (χ0) is 15.4. The molecule has 0 saturated carbocycles. The molecule has 0 spiro atoms. The molecule has 118 valence electrons. The fraction of sp³-hybridized carbons (Fsp3) is 0.667. The number of rotatable bonds is 5. The van der Waals surface area contributed by atoms with Crippen LogP contribution in [0.25, 0.3) is 0 Å². The van der Waals surface area contributed by atoms with Gasteiger partial charge in [0.15, 0.2) is 0 Å². The molecule has 0 radical (unpaired) electrons. The Hall–Kier alpha value is -0.730. The van der Waals surface area contributed by atoms with E-state index in [-0.39, 0.29) is 0 Å². The molecule has 2 rings (SSSR count). The van der Waals surface area contributed by atoms with Crippen LogP contribution in [0.5, 0.6) is 0 Å². The molecule has 0 amide bonds. The van der Waals surface area contributed by atoms with E-state index >= 15 is 0 Å². The molecule has 2 nitrogen and oxygen atoms in total. The minimum atomic E-state index is 0.356. The topological polar surface area (TPSA) is 15.3 Å². The van der Waals surface area contributed by atoms with Crippen LogP contribution in [0.2, 0.25) is 5.02 Å². The molecule has 1 saturated heterocycles. The van der Waals surface area contributed by atoms with E-state index in [1.165, 1.54) is 24.1 Å². The van der Waals surface area contributed by atoms with E-state index < -0.39 is 0 Å². The van der Waals surface area contributed by atoms with Crippen molar-refractivity contribution in [2.45, 2.75) is 59.0 Å². The number of nitrogens with zero attached hydrogens (tertiary/aromatic N) is 1. The summed E-state index contributed by atoms with van der Waals surface area (Å²) < 4.78 is 0. The predicted molar refractivity (Wildman–Crippen MR) is 93.4 cm³/mol. The maximum Gasteiger partial charge on any atom is 0.0642 e. The molecule has 3 atom stereocenters. The third-order valence-electron chi connectivity index (χ3n) is 4.60. The van der Waals surface area contributed by atoms with Crippen LogP contribution in [0.4, 0.5) is 5.69 Å². The fourth-order valence-electron chi connectivity index (χ4n) is 3.13. The zero-order valence-electron chi connectivity index (χ0n) is 13.8. The number of piperidine rings is 1. The van der Waals surface area contributed by atoms with Gasteiger partial charge >= 0.3 is 0 Å². The Morgan fingerprint density at radius 2 is 2.10 bits per heavy atom. The summed E-state index contributed by atoms with van der Waals surface area (Å²) in [4.78, 5) is 2.48. The fourth-order valence-corrected chi connectivity index (χ4v) is 3.43. The SMILES string of the molecule is CCCNC(C)c1ccc(N2CC(C)CCC2C)c(Cl)c1. The zero-order valence-corrected chi connectivity index (χ0v) is 14.6. The van der Waals surface area contributed by atoms with Crippen LogP contribution in [-0.2, 0) is 0 Å². The van der Waals surface area contributed by atoms with Crippen molar-refractivity contribution in [3.05, 3.63) is 28.8 Å². The van der Waals surface area contributed by atoms with Gasteiger partial charge in [-0.25, -0.2) is 0 Å². The highest BCUT2D eigenvalue weighted by Gasteiger charge is 2.24. The molecule has 0 aliphatic carbocycles. The highest BCUT2D eigenvalue weighted by Crippen LogP contribution is 2.34. The lowest BCUT2D eigenvalue weighted by Gasteiger charge is -2.39. The number of halogens is 1. The summed E-state index contributed by atoms with van der Waals surface area (Å²) in [6, 6.07) is 7.50. The molecule has 1 aromatic carbocycles. The van der Waals surface area contributed by atoms with Crippen molar-refractivity contribution in [1.29, 1.82) is 0 Å². The second kappa shape index (κ2) is 7.51. The quantitative estimate of drug-likeness (QED) is 0.821. The summed E-state index contributed by atoms with van der Waals surface area (Å²) in [6.45, 7) is 11.2. The van der Waals surface area contributed by atoms with Crippen LogP contribution in [0, 0.1) is 5.92 Å². The Bertz CT molecular complexity index is 461. The third kappa shape index (κ3) is 4.14. The van der Waals surface area contributed by atoms with Crippen molar-refractivity contribution in [1.82, 2.24) is 5.32 Å². The van der Waals surface area contributed by atoms with Gasteiger partial charge in [-0.1, -0.05) is 31.5 Å². The molecule has 3 heteroatoms. The van der Waals surface area contributed by atoms with Gasteiger partial charge in [-0.15, -0.1) is 0 Å². The normalized spacial score (nSPS) is 24.1. The number of anilines is 1. The first-order valence-corrected chi connectivity index (χ1v) is 8.70. The molecule has 21 heavy (non-hydrogen) atoms. The number of hydrogen-bond acceptors (Lipinski definition) is 2. The maximum atomic E-state index is 6.58. The number of hydrogen-bond donors (Lipinski definition) is 1. The first-order valence-electron chi connectivity index (χ1n) is 8.32. The van der Waals surface area contributed by atoms with Crippen molar-refractivity contribution in [2.75, 3.05) is 18.0 Å². The highest BCUT2D eigenvalue weighted by molar-refractivity contribution is 6.33. The molecule has 1 N–H and O–H groups in total. The smallest absolute Gasteiger partial charge is 0.0642 e. The second-order valence-corrected chi connectivity index (χ2v) is 6.98. The lowest BCUT2D eigenvalue weighted by molar-refractivity contribution is 0.390. The van der Waals surface area contributed by atoms with E-state index in [4.69, 9.17) is 11.6 Å². The van der Waals surface area contributed by atoms with Gasteiger partial charge in [-0.3, -0.25) is 0 Å². The Kier molecular flexibility index (Phi) is 5.95. The van der Waals surface area contributed by atoms with Gasteiger partial charge in [0.2, 0.25) is 0 Å². The Morgan fingerprint density at radius 3 is 2.76 bits per heavy atom. The Morgan fingerprint density at radius 1 is 1.33 bits per heavy atom. The average Bonchev–Trinajstić information content (AvgIpc) is 2.47. The van der Waals surface area contributed by atoms with Gasteiger partial charge in [0, 0.05) is 18.6 Å². The summed E-state index contributed by atoms with van der Waals surface area (Å²) in [5.41, 5.74) is 2.47. The molecule has 1 aromatic rings. The van der Waals surface area contributed by atoms with Crippen molar-refractivity contribution < 1.29 is 0 Å². The van der Waals surface area contributed by atoms with E-state index in [9.17, 15) is 0 Å². The summed E-state index contributed by atoms with van der Waals surface area (Å²) >= 11 is 6.58. The van der Waals surface area contributed by atoms with E-state index in [1.54, 1.807) is 0 Å². The number of benzene rings is 1. The molecule has 1 aliphatic heterocycles. The summed E-state index contributed by atoms with van der Waals surface area (Å²) in [5, 5.41) is 4.41. The molecule has 1 aliphatic rings. The van der Waals surface area contributed by atoms with Crippen molar-refractivity contribution >= 4 is 17.3 Å². The van der Waals surface area contributed by atoms with E-state index in [2.05, 4.69) is 56.1 Å². The first kappa shape index (κ1) is 16.6. The predicted octanol–water partition coefficient (Wildman–Crippen LogP) is 5.03. The van der Waals surface area contributed by atoms with Gasteiger partial charge in [0.05, 0.1) is 10.7 Å². The average molecular weight is 309 g/mol. The van der Waals surface area contributed by atoms with E-state index in [0.29, 0.717) is 12.1 Å². The highest BCUT2D eigenvalue weighted by atomic mass is 35.5. The lowest BCUT2D eigenvalue weighted by Crippen LogP contribution is -2.41. The van der Waals surface area contributed by atoms with E-state index in [0.717, 1.165) is 30.5 Å². The largest absolute Gasteiger partial charge is 0.367 e. The van der Waals surface area contributed by atoms with Crippen LogP contribution in [-0.4, -0.2) is 19.1 Å². The van der Waals surface area contributed by atoms with Crippen LogP contribution >= 0.6 is 11.6 Å².